The van der Waals surface area contributed by atoms with Crippen LogP contribution in [0, 0.1) is 0 Å². The van der Waals surface area contributed by atoms with E-state index in [1.54, 1.807) is 23.5 Å². The number of carbonyl (C=O) groups is 1. The molecule has 1 heterocycles. The smallest absolute Gasteiger partial charge is 0.323 e. The first-order valence-corrected chi connectivity index (χ1v) is 6.88. The quantitative estimate of drug-likeness (QED) is 0.846. The summed E-state index contributed by atoms with van der Waals surface area (Å²) in [5, 5.41) is 17.5. The van der Waals surface area contributed by atoms with E-state index in [1.165, 1.54) is 6.33 Å². The number of likely N-dealkylation sites (N-methyl/N-ethyl adjacent to an activating group) is 1. The lowest BCUT2D eigenvalue weighted by atomic mass is 9.81. The van der Waals surface area contributed by atoms with Crippen LogP contribution in [0.4, 0.5) is 0 Å². The third kappa shape index (κ3) is 2.51. The maximum absolute atomic E-state index is 11.4. The van der Waals surface area contributed by atoms with Gasteiger partial charge in [-0.05, 0) is 32.7 Å². The average molecular weight is 270 g/mol. The molecule has 100 valence electrons. The highest BCUT2D eigenvalue weighted by Crippen LogP contribution is 2.37. The van der Waals surface area contributed by atoms with E-state index in [-0.39, 0.29) is 5.25 Å². The second kappa shape index (κ2) is 5.27. The van der Waals surface area contributed by atoms with E-state index in [2.05, 4.69) is 15.4 Å². The van der Waals surface area contributed by atoms with Gasteiger partial charge in [-0.2, -0.15) is 5.10 Å². The SMILES string of the molecule is CNC1(C(=O)O)CCCC(Sc2ncnn2C)C1. The number of carboxylic acids is 1. The molecule has 0 spiro atoms. The highest BCUT2D eigenvalue weighted by Gasteiger charge is 2.42. The molecule has 1 aliphatic rings. The first-order valence-electron chi connectivity index (χ1n) is 6.00. The summed E-state index contributed by atoms with van der Waals surface area (Å²) in [7, 11) is 3.57. The van der Waals surface area contributed by atoms with Crippen molar-refractivity contribution in [1.82, 2.24) is 20.1 Å². The van der Waals surface area contributed by atoms with E-state index in [9.17, 15) is 9.90 Å². The Labute approximate surface area is 110 Å². The summed E-state index contributed by atoms with van der Waals surface area (Å²) in [6, 6.07) is 0. The van der Waals surface area contributed by atoms with Gasteiger partial charge >= 0.3 is 5.97 Å². The van der Waals surface area contributed by atoms with Gasteiger partial charge in [0.1, 0.15) is 11.9 Å². The Balaban J connectivity index is 2.07. The van der Waals surface area contributed by atoms with Crippen molar-refractivity contribution in [3.63, 3.8) is 0 Å². The molecule has 1 aromatic rings. The van der Waals surface area contributed by atoms with Crippen molar-refractivity contribution in [2.45, 2.75) is 41.6 Å². The average Bonchev–Trinajstić information content (AvgIpc) is 2.75. The van der Waals surface area contributed by atoms with Gasteiger partial charge in [0.2, 0.25) is 0 Å². The van der Waals surface area contributed by atoms with Crippen molar-refractivity contribution in [1.29, 1.82) is 0 Å². The molecule has 0 saturated heterocycles. The molecule has 1 fully saturated rings. The van der Waals surface area contributed by atoms with E-state index in [4.69, 9.17) is 0 Å². The fourth-order valence-corrected chi connectivity index (χ4v) is 3.65. The maximum Gasteiger partial charge on any atom is 0.323 e. The molecule has 0 amide bonds. The molecule has 2 atom stereocenters. The molecular weight excluding hydrogens is 252 g/mol. The van der Waals surface area contributed by atoms with Crippen molar-refractivity contribution in [3.8, 4) is 0 Å². The fraction of sp³-hybridized carbons (Fsp3) is 0.727. The van der Waals surface area contributed by atoms with Crippen molar-refractivity contribution in [2.75, 3.05) is 7.05 Å². The first kappa shape index (κ1) is 13.4. The third-order valence-electron chi connectivity index (χ3n) is 3.54. The molecule has 7 heteroatoms. The van der Waals surface area contributed by atoms with Gasteiger partial charge in [0, 0.05) is 12.3 Å². The Morgan fingerprint density at radius 3 is 3.06 bits per heavy atom. The van der Waals surface area contributed by atoms with Crippen LogP contribution in [0.2, 0.25) is 0 Å². The Hall–Kier alpha value is -1.08. The summed E-state index contributed by atoms with van der Waals surface area (Å²) in [5.41, 5.74) is -0.783. The predicted molar refractivity (Wildman–Crippen MR) is 68.5 cm³/mol. The van der Waals surface area contributed by atoms with Crippen molar-refractivity contribution < 1.29 is 9.90 Å². The Morgan fingerprint density at radius 2 is 2.50 bits per heavy atom. The lowest BCUT2D eigenvalue weighted by Gasteiger charge is -2.36. The summed E-state index contributed by atoms with van der Waals surface area (Å²) < 4.78 is 1.72. The van der Waals surface area contributed by atoms with Crippen LogP contribution in [-0.2, 0) is 11.8 Å². The van der Waals surface area contributed by atoms with E-state index in [1.807, 2.05) is 7.05 Å². The number of hydrogen-bond donors (Lipinski definition) is 2. The molecule has 2 N–H and O–H groups in total. The molecule has 2 rings (SSSR count). The highest BCUT2D eigenvalue weighted by molar-refractivity contribution is 7.99. The number of aryl methyl sites for hydroxylation is 1. The zero-order valence-electron chi connectivity index (χ0n) is 10.6. The number of aliphatic carboxylic acids is 1. The van der Waals surface area contributed by atoms with Crippen molar-refractivity contribution in [2.24, 2.45) is 7.05 Å². The van der Waals surface area contributed by atoms with E-state index in [0.717, 1.165) is 18.0 Å². The summed E-state index contributed by atoms with van der Waals surface area (Å²) in [6.45, 7) is 0. The van der Waals surface area contributed by atoms with Crippen LogP contribution < -0.4 is 5.32 Å². The number of nitrogens with one attached hydrogen (secondary N) is 1. The zero-order chi connectivity index (χ0) is 13.2. The van der Waals surface area contributed by atoms with Gasteiger partial charge in [0.15, 0.2) is 5.16 Å². The van der Waals surface area contributed by atoms with Crippen LogP contribution >= 0.6 is 11.8 Å². The first-order chi connectivity index (χ1) is 8.57. The predicted octanol–water partition coefficient (Wildman–Crippen LogP) is 0.893. The van der Waals surface area contributed by atoms with Crippen molar-refractivity contribution >= 4 is 17.7 Å². The monoisotopic (exact) mass is 270 g/mol. The van der Waals surface area contributed by atoms with Gasteiger partial charge in [0.05, 0.1) is 0 Å². The van der Waals surface area contributed by atoms with Crippen LogP contribution in [0.3, 0.4) is 0 Å². The number of rotatable bonds is 4. The normalized spacial score (nSPS) is 28.2. The van der Waals surface area contributed by atoms with Crippen LogP contribution in [0.25, 0.3) is 0 Å². The van der Waals surface area contributed by atoms with Crippen molar-refractivity contribution in [3.05, 3.63) is 6.33 Å². The summed E-state index contributed by atoms with van der Waals surface area (Å²) in [6.07, 6.45) is 4.77. The van der Waals surface area contributed by atoms with Crippen LogP contribution in [-0.4, -0.2) is 43.7 Å². The molecule has 0 bridgehead atoms. The second-order valence-corrected chi connectivity index (χ2v) is 5.91. The minimum atomic E-state index is -0.783. The number of aromatic nitrogens is 3. The molecule has 1 aromatic heterocycles. The van der Waals surface area contributed by atoms with Gasteiger partial charge < -0.3 is 10.4 Å². The summed E-state index contributed by atoms with van der Waals surface area (Å²) >= 11 is 1.62. The van der Waals surface area contributed by atoms with Crippen LogP contribution in [0.15, 0.2) is 11.5 Å². The standard InChI is InChI=1S/C11H18N4O2S/c1-12-11(9(16)17)5-3-4-8(6-11)18-10-13-7-14-15(10)2/h7-8,12H,3-6H2,1-2H3,(H,16,17). The van der Waals surface area contributed by atoms with Crippen LogP contribution in [0.1, 0.15) is 25.7 Å². The summed E-state index contributed by atoms with van der Waals surface area (Å²) in [5.74, 6) is -0.756. The minimum Gasteiger partial charge on any atom is -0.480 e. The number of nitrogens with zero attached hydrogens (tertiary/aromatic N) is 3. The minimum absolute atomic E-state index is 0.269. The Bertz CT molecular complexity index is 436. The maximum atomic E-state index is 11.4. The molecular formula is C11H18N4O2S. The fourth-order valence-electron chi connectivity index (χ4n) is 2.39. The summed E-state index contributed by atoms with van der Waals surface area (Å²) in [4.78, 5) is 15.6. The topological polar surface area (TPSA) is 80.0 Å². The highest BCUT2D eigenvalue weighted by atomic mass is 32.2. The van der Waals surface area contributed by atoms with Gasteiger partial charge in [-0.1, -0.05) is 11.8 Å². The van der Waals surface area contributed by atoms with Gasteiger partial charge in [0.25, 0.3) is 0 Å². The molecule has 2 unspecified atom stereocenters. The van der Waals surface area contributed by atoms with E-state index < -0.39 is 11.5 Å². The van der Waals surface area contributed by atoms with Gasteiger partial charge in [-0.25, -0.2) is 9.67 Å². The lowest BCUT2D eigenvalue weighted by molar-refractivity contribution is -0.146. The number of hydrogen-bond acceptors (Lipinski definition) is 5. The zero-order valence-corrected chi connectivity index (χ0v) is 11.4. The molecule has 18 heavy (non-hydrogen) atoms. The number of thioether (sulfide) groups is 1. The largest absolute Gasteiger partial charge is 0.480 e. The molecule has 0 aliphatic heterocycles. The Kier molecular flexibility index (Phi) is 3.91. The molecule has 1 saturated carbocycles. The molecule has 0 aromatic carbocycles. The van der Waals surface area contributed by atoms with E-state index in [0.29, 0.717) is 12.8 Å². The molecule has 0 radical (unpaired) electrons. The van der Waals surface area contributed by atoms with Crippen LogP contribution in [0.5, 0.6) is 0 Å². The Morgan fingerprint density at radius 1 is 1.72 bits per heavy atom. The van der Waals surface area contributed by atoms with Gasteiger partial charge in [-0.15, -0.1) is 0 Å². The van der Waals surface area contributed by atoms with E-state index >= 15 is 0 Å². The third-order valence-corrected chi connectivity index (χ3v) is 4.85. The lowest BCUT2D eigenvalue weighted by Crippen LogP contribution is -2.53. The second-order valence-electron chi connectivity index (χ2n) is 4.64. The van der Waals surface area contributed by atoms with Gasteiger partial charge in [-0.3, -0.25) is 4.79 Å². The molecule has 6 nitrogen and oxygen atoms in total. The number of carboxylic acid groups (broad SMARTS) is 1. The molecule has 1 aliphatic carbocycles.